The van der Waals surface area contributed by atoms with Crippen molar-refractivity contribution >= 4 is 16.7 Å². The van der Waals surface area contributed by atoms with E-state index in [0.29, 0.717) is 34.0 Å². The molecule has 0 spiro atoms. The maximum atomic E-state index is 10.1. The molecule has 1 aromatic carbocycles. The number of hydrogen-bond donors (Lipinski definition) is 1. The van der Waals surface area contributed by atoms with Crippen molar-refractivity contribution in [3.05, 3.63) is 35.8 Å². The Bertz CT molecular complexity index is 1010. The van der Waals surface area contributed by atoms with Crippen LogP contribution in [0.15, 0.2) is 28.8 Å². The number of phenolic OH excluding ortho intramolecular Hbond substituents is 1. The van der Waals surface area contributed by atoms with Crippen molar-refractivity contribution in [3.8, 4) is 23.0 Å². The van der Waals surface area contributed by atoms with E-state index in [-0.39, 0.29) is 5.75 Å². The number of imidazole rings is 1. The Morgan fingerprint density at radius 3 is 2.74 bits per heavy atom. The summed E-state index contributed by atoms with van der Waals surface area (Å²) in [4.78, 5) is 8.83. The molecule has 0 atom stereocenters. The molecule has 116 valence electrons. The van der Waals surface area contributed by atoms with Gasteiger partial charge in [-0.2, -0.15) is 5.10 Å². The molecule has 0 amide bonds. The molecule has 0 aliphatic heterocycles. The number of aromatic nitrogens is 4. The minimum atomic E-state index is 0.0982. The van der Waals surface area contributed by atoms with Gasteiger partial charge in [0.1, 0.15) is 22.8 Å². The number of benzene rings is 1. The van der Waals surface area contributed by atoms with Crippen molar-refractivity contribution in [2.45, 2.75) is 13.8 Å². The number of hydrogen-bond acceptors (Lipinski definition) is 6. The molecular formula is C16H14N4O3. The Balaban J connectivity index is 1.90. The van der Waals surface area contributed by atoms with Crippen LogP contribution in [0.3, 0.4) is 0 Å². The van der Waals surface area contributed by atoms with Gasteiger partial charge in [0.25, 0.3) is 5.78 Å². The number of fused-ring (bicyclic) bond motifs is 2. The van der Waals surface area contributed by atoms with Crippen molar-refractivity contribution in [3.63, 3.8) is 0 Å². The van der Waals surface area contributed by atoms with Gasteiger partial charge in [-0.05, 0) is 19.9 Å². The zero-order valence-electron chi connectivity index (χ0n) is 12.9. The van der Waals surface area contributed by atoms with E-state index in [9.17, 15) is 5.11 Å². The highest BCUT2D eigenvalue weighted by Crippen LogP contribution is 2.35. The second kappa shape index (κ2) is 4.70. The van der Waals surface area contributed by atoms with E-state index >= 15 is 0 Å². The molecule has 0 aliphatic carbocycles. The van der Waals surface area contributed by atoms with E-state index < -0.39 is 0 Å². The van der Waals surface area contributed by atoms with Crippen LogP contribution in [0.2, 0.25) is 0 Å². The van der Waals surface area contributed by atoms with Crippen molar-refractivity contribution < 1.29 is 14.3 Å². The smallest absolute Gasteiger partial charge is 0.251 e. The average Bonchev–Trinajstić information content (AvgIpc) is 3.11. The topological polar surface area (TPSA) is 85.7 Å². The fraction of sp³-hybridized carbons (Fsp3) is 0.188. The third-order valence-electron chi connectivity index (χ3n) is 3.80. The third-order valence-corrected chi connectivity index (χ3v) is 3.80. The molecule has 0 saturated carbocycles. The molecule has 23 heavy (non-hydrogen) atoms. The van der Waals surface area contributed by atoms with Gasteiger partial charge in [0.2, 0.25) is 0 Å². The molecule has 0 fully saturated rings. The lowest BCUT2D eigenvalue weighted by Crippen LogP contribution is -1.99. The number of ether oxygens (including phenoxy) is 1. The Morgan fingerprint density at radius 2 is 1.96 bits per heavy atom. The first kappa shape index (κ1) is 13.6. The lowest BCUT2D eigenvalue weighted by atomic mass is 10.2. The Hall–Kier alpha value is -3.09. The van der Waals surface area contributed by atoms with E-state index in [1.165, 1.54) is 7.11 Å². The molecule has 0 aliphatic rings. The predicted molar refractivity (Wildman–Crippen MR) is 83.7 cm³/mol. The number of aryl methyl sites for hydroxylation is 2. The Morgan fingerprint density at radius 1 is 1.13 bits per heavy atom. The number of aromatic hydroxyl groups is 1. The highest BCUT2D eigenvalue weighted by Gasteiger charge is 2.15. The second-order valence-corrected chi connectivity index (χ2v) is 5.32. The summed E-state index contributed by atoms with van der Waals surface area (Å²) >= 11 is 0. The summed E-state index contributed by atoms with van der Waals surface area (Å²) in [6.45, 7) is 3.79. The highest BCUT2D eigenvalue weighted by atomic mass is 16.5. The number of nitrogens with zero attached hydrogens (tertiary/aromatic N) is 4. The average molecular weight is 310 g/mol. The largest absolute Gasteiger partial charge is 0.507 e. The first-order valence-corrected chi connectivity index (χ1v) is 7.06. The molecular weight excluding hydrogens is 296 g/mol. The standard InChI is InChI=1S/C16H14N4O3/c1-8-9(2)19-20-7-12(18-16(20)17-8)15-6-11-13(21)4-10(22-3)5-14(11)23-15/h4-7,21H,1-3H3. The van der Waals surface area contributed by atoms with Crippen LogP contribution in [0.4, 0.5) is 0 Å². The maximum Gasteiger partial charge on any atom is 0.251 e. The van der Waals surface area contributed by atoms with Gasteiger partial charge in [-0.1, -0.05) is 0 Å². The molecule has 3 aromatic heterocycles. The molecule has 0 bridgehead atoms. The maximum absolute atomic E-state index is 10.1. The van der Waals surface area contributed by atoms with E-state index in [0.717, 1.165) is 11.4 Å². The summed E-state index contributed by atoms with van der Waals surface area (Å²) < 4.78 is 12.5. The molecule has 0 radical (unpaired) electrons. The van der Waals surface area contributed by atoms with Crippen molar-refractivity contribution in [2.24, 2.45) is 0 Å². The summed E-state index contributed by atoms with van der Waals surface area (Å²) in [6, 6.07) is 5.01. The van der Waals surface area contributed by atoms with Crippen molar-refractivity contribution in [1.82, 2.24) is 19.6 Å². The summed E-state index contributed by atoms with van der Waals surface area (Å²) in [5.74, 6) is 1.66. The van der Waals surface area contributed by atoms with Gasteiger partial charge in [-0.15, -0.1) is 0 Å². The minimum absolute atomic E-state index is 0.0982. The lowest BCUT2D eigenvalue weighted by Gasteiger charge is -1.99. The van der Waals surface area contributed by atoms with Crippen LogP contribution >= 0.6 is 0 Å². The first-order chi connectivity index (χ1) is 11.0. The molecule has 4 rings (SSSR count). The first-order valence-electron chi connectivity index (χ1n) is 7.06. The van der Waals surface area contributed by atoms with Crippen LogP contribution in [-0.2, 0) is 0 Å². The van der Waals surface area contributed by atoms with E-state index in [1.807, 2.05) is 13.8 Å². The van der Waals surface area contributed by atoms with Crippen LogP contribution < -0.4 is 4.74 Å². The van der Waals surface area contributed by atoms with Crippen molar-refractivity contribution in [2.75, 3.05) is 7.11 Å². The minimum Gasteiger partial charge on any atom is -0.507 e. The molecule has 0 saturated heterocycles. The van der Waals surface area contributed by atoms with Crippen molar-refractivity contribution in [1.29, 1.82) is 0 Å². The molecule has 7 nitrogen and oxygen atoms in total. The van der Waals surface area contributed by atoms with Gasteiger partial charge in [-0.3, -0.25) is 0 Å². The summed E-state index contributed by atoms with van der Waals surface area (Å²) in [7, 11) is 1.54. The van der Waals surface area contributed by atoms with E-state index in [4.69, 9.17) is 9.15 Å². The quantitative estimate of drug-likeness (QED) is 0.612. The predicted octanol–water partition coefficient (Wildman–Crippen LogP) is 2.87. The lowest BCUT2D eigenvalue weighted by molar-refractivity contribution is 0.408. The van der Waals surface area contributed by atoms with Crippen LogP contribution in [0.5, 0.6) is 11.5 Å². The SMILES string of the molecule is COc1cc(O)c2cc(-c3cn4nc(C)c(C)nc4n3)oc2c1. The van der Waals surface area contributed by atoms with E-state index in [1.54, 1.807) is 28.9 Å². The van der Waals surface area contributed by atoms with Gasteiger partial charge in [0, 0.05) is 12.1 Å². The molecule has 4 aromatic rings. The molecule has 3 heterocycles. The van der Waals surface area contributed by atoms with Gasteiger partial charge in [0.15, 0.2) is 5.76 Å². The van der Waals surface area contributed by atoms with Gasteiger partial charge >= 0.3 is 0 Å². The van der Waals surface area contributed by atoms with Gasteiger partial charge < -0.3 is 14.3 Å². The van der Waals surface area contributed by atoms with Crippen LogP contribution in [-0.4, -0.2) is 31.8 Å². The molecule has 1 N–H and O–H groups in total. The normalized spacial score (nSPS) is 11.4. The Kier molecular flexibility index (Phi) is 2.77. The summed E-state index contributed by atoms with van der Waals surface area (Å²) in [5.41, 5.74) is 2.81. The fourth-order valence-corrected chi connectivity index (χ4v) is 2.43. The number of rotatable bonds is 2. The monoisotopic (exact) mass is 310 g/mol. The number of furan rings is 1. The number of methoxy groups -OCH3 is 1. The van der Waals surface area contributed by atoms with Crippen LogP contribution in [0, 0.1) is 13.8 Å². The fourth-order valence-electron chi connectivity index (χ4n) is 2.43. The number of phenols is 1. The Labute approximate surface area is 131 Å². The van der Waals surface area contributed by atoms with Crippen LogP contribution in [0.25, 0.3) is 28.2 Å². The summed E-state index contributed by atoms with van der Waals surface area (Å²) in [6.07, 6.45) is 1.75. The van der Waals surface area contributed by atoms with Gasteiger partial charge in [-0.25, -0.2) is 14.5 Å². The van der Waals surface area contributed by atoms with Crippen LogP contribution in [0.1, 0.15) is 11.4 Å². The molecule has 7 heteroatoms. The zero-order valence-corrected chi connectivity index (χ0v) is 12.9. The van der Waals surface area contributed by atoms with Gasteiger partial charge in [0.05, 0.1) is 30.1 Å². The molecule has 0 unspecified atom stereocenters. The third kappa shape index (κ3) is 2.09. The van der Waals surface area contributed by atoms with E-state index in [2.05, 4.69) is 15.1 Å². The second-order valence-electron chi connectivity index (χ2n) is 5.32. The zero-order chi connectivity index (χ0) is 16.1. The highest BCUT2D eigenvalue weighted by molar-refractivity contribution is 5.89. The summed E-state index contributed by atoms with van der Waals surface area (Å²) in [5, 5.41) is 15.1.